The second kappa shape index (κ2) is 5.47. The Labute approximate surface area is 95.7 Å². The summed E-state index contributed by atoms with van der Waals surface area (Å²) in [6.07, 6.45) is 1.13. The molecule has 1 atom stereocenters. The lowest BCUT2D eigenvalue weighted by atomic mass is 10.1. The van der Waals surface area contributed by atoms with Gasteiger partial charge in [0.2, 0.25) is 5.79 Å². The van der Waals surface area contributed by atoms with Gasteiger partial charge in [0.15, 0.2) is 0 Å². The van der Waals surface area contributed by atoms with Crippen molar-refractivity contribution >= 4 is 5.97 Å². The monoisotopic (exact) mass is 220 g/mol. The van der Waals surface area contributed by atoms with Crippen molar-refractivity contribution in [1.82, 2.24) is 0 Å². The van der Waals surface area contributed by atoms with Gasteiger partial charge in [-0.15, -0.1) is 0 Å². The van der Waals surface area contributed by atoms with E-state index in [9.17, 15) is 4.79 Å². The molecule has 1 aromatic carbocycles. The quantitative estimate of drug-likeness (QED) is 0.434. The first-order chi connectivity index (χ1) is 7.62. The molecule has 0 aliphatic heterocycles. The molecule has 0 heterocycles. The maximum atomic E-state index is 11.3. The summed E-state index contributed by atoms with van der Waals surface area (Å²) in [5.41, 5.74) is 0.798. The van der Waals surface area contributed by atoms with Gasteiger partial charge in [0.05, 0.1) is 0 Å². The SMILES string of the molecule is C=CC(=O)OC(C)(OCC)c1ccccc1. The summed E-state index contributed by atoms with van der Waals surface area (Å²) in [4.78, 5) is 11.3. The van der Waals surface area contributed by atoms with Gasteiger partial charge >= 0.3 is 5.97 Å². The van der Waals surface area contributed by atoms with Gasteiger partial charge in [-0.3, -0.25) is 0 Å². The molecule has 86 valence electrons. The van der Waals surface area contributed by atoms with Crippen LogP contribution in [0.4, 0.5) is 0 Å². The van der Waals surface area contributed by atoms with Crippen LogP contribution in [-0.2, 0) is 20.1 Å². The van der Waals surface area contributed by atoms with Crippen LogP contribution in [-0.4, -0.2) is 12.6 Å². The van der Waals surface area contributed by atoms with Gasteiger partial charge in [-0.25, -0.2) is 4.79 Å². The minimum absolute atomic E-state index is 0.454. The number of hydrogen-bond donors (Lipinski definition) is 0. The van der Waals surface area contributed by atoms with Gasteiger partial charge in [-0.1, -0.05) is 36.9 Å². The van der Waals surface area contributed by atoms with Gasteiger partial charge in [-0.05, 0) is 6.92 Å². The molecule has 0 amide bonds. The number of carbonyl (C=O) groups excluding carboxylic acids is 1. The lowest BCUT2D eigenvalue weighted by Gasteiger charge is -2.29. The first-order valence-corrected chi connectivity index (χ1v) is 5.17. The zero-order valence-corrected chi connectivity index (χ0v) is 9.60. The predicted octanol–water partition coefficient (Wildman–Crippen LogP) is 2.63. The molecule has 1 unspecified atom stereocenters. The highest BCUT2D eigenvalue weighted by Crippen LogP contribution is 2.26. The van der Waals surface area contributed by atoms with Crippen LogP contribution in [0.1, 0.15) is 19.4 Å². The Morgan fingerprint density at radius 2 is 2.06 bits per heavy atom. The Bertz CT molecular complexity index is 359. The summed E-state index contributed by atoms with van der Waals surface area (Å²) < 4.78 is 10.7. The summed E-state index contributed by atoms with van der Waals surface area (Å²) in [7, 11) is 0. The molecule has 1 rings (SSSR count). The fourth-order valence-corrected chi connectivity index (χ4v) is 1.42. The van der Waals surface area contributed by atoms with E-state index < -0.39 is 11.8 Å². The van der Waals surface area contributed by atoms with Crippen molar-refractivity contribution in [1.29, 1.82) is 0 Å². The zero-order chi connectivity index (χ0) is 12.0. The standard InChI is InChI=1S/C13H16O3/c1-4-12(14)16-13(3,15-5-2)11-9-7-6-8-10-11/h4,6-10H,1,5H2,2-3H3. The van der Waals surface area contributed by atoms with Crippen LogP contribution >= 0.6 is 0 Å². The van der Waals surface area contributed by atoms with Crippen LogP contribution in [0.5, 0.6) is 0 Å². The highest BCUT2D eigenvalue weighted by atomic mass is 16.7. The fourth-order valence-electron chi connectivity index (χ4n) is 1.42. The van der Waals surface area contributed by atoms with Crippen LogP contribution < -0.4 is 0 Å². The van der Waals surface area contributed by atoms with Crippen molar-refractivity contribution in [2.45, 2.75) is 19.6 Å². The van der Waals surface area contributed by atoms with Gasteiger partial charge < -0.3 is 9.47 Å². The maximum Gasteiger partial charge on any atom is 0.332 e. The minimum atomic E-state index is -1.05. The molecule has 16 heavy (non-hydrogen) atoms. The van der Waals surface area contributed by atoms with Gasteiger partial charge in [0.1, 0.15) is 0 Å². The largest absolute Gasteiger partial charge is 0.426 e. The Balaban J connectivity index is 2.96. The van der Waals surface area contributed by atoms with Gasteiger partial charge in [-0.2, -0.15) is 0 Å². The number of esters is 1. The molecule has 0 radical (unpaired) electrons. The molecule has 0 saturated heterocycles. The molecule has 0 saturated carbocycles. The van der Waals surface area contributed by atoms with Crippen molar-refractivity contribution < 1.29 is 14.3 Å². The zero-order valence-electron chi connectivity index (χ0n) is 9.60. The van der Waals surface area contributed by atoms with Gasteiger partial charge in [0, 0.05) is 25.2 Å². The van der Waals surface area contributed by atoms with Crippen LogP contribution in [0.25, 0.3) is 0 Å². The van der Waals surface area contributed by atoms with E-state index in [1.54, 1.807) is 6.92 Å². The van der Waals surface area contributed by atoms with Gasteiger partial charge in [0.25, 0.3) is 0 Å². The molecule has 3 nitrogen and oxygen atoms in total. The third kappa shape index (κ3) is 2.94. The highest BCUT2D eigenvalue weighted by molar-refractivity contribution is 5.81. The average molecular weight is 220 g/mol. The molecule has 3 heteroatoms. The molecule has 0 aliphatic carbocycles. The third-order valence-corrected chi connectivity index (χ3v) is 2.18. The summed E-state index contributed by atoms with van der Waals surface area (Å²) in [5.74, 6) is -1.55. The first kappa shape index (κ1) is 12.5. The number of carbonyl (C=O) groups is 1. The number of hydrogen-bond acceptors (Lipinski definition) is 3. The molecule has 0 aromatic heterocycles. The lowest BCUT2D eigenvalue weighted by molar-refractivity contribution is -0.224. The van der Waals surface area contributed by atoms with Crippen LogP contribution in [0.3, 0.4) is 0 Å². The van der Waals surface area contributed by atoms with Crippen LogP contribution in [0.15, 0.2) is 43.0 Å². The van der Waals surface area contributed by atoms with E-state index in [1.165, 1.54) is 0 Å². The Kier molecular flexibility index (Phi) is 4.26. The van der Waals surface area contributed by atoms with Crippen molar-refractivity contribution in [3.8, 4) is 0 Å². The molecule has 0 fully saturated rings. The highest BCUT2D eigenvalue weighted by Gasteiger charge is 2.30. The van der Waals surface area contributed by atoms with E-state index in [0.29, 0.717) is 6.61 Å². The number of ether oxygens (including phenoxy) is 2. The van der Waals surface area contributed by atoms with Crippen LogP contribution in [0, 0.1) is 0 Å². The summed E-state index contributed by atoms with van der Waals surface area (Å²) in [5, 5.41) is 0. The fraction of sp³-hybridized carbons (Fsp3) is 0.308. The smallest absolute Gasteiger partial charge is 0.332 e. The molecule has 0 bridgehead atoms. The third-order valence-electron chi connectivity index (χ3n) is 2.18. The Morgan fingerprint density at radius 1 is 1.44 bits per heavy atom. The minimum Gasteiger partial charge on any atom is -0.426 e. The lowest BCUT2D eigenvalue weighted by Crippen LogP contribution is -2.31. The van der Waals surface area contributed by atoms with E-state index >= 15 is 0 Å². The number of benzene rings is 1. The van der Waals surface area contributed by atoms with E-state index in [4.69, 9.17) is 9.47 Å². The number of rotatable bonds is 5. The van der Waals surface area contributed by atoms with Crippen molar-refractivity contribution in [2.75, 3.05) is 6.61 Å². The average Bonchev–Trinajstić information content (AvgIpc) is 2.30. The molecular formula is C13H16O3. The van der Waals surface area contributed by atoms with E-state index in [-0.39, 0.29) is 0 Å². The van der Waals surface area contributed by atoms with Crippen molar-refractivity contribution in [3.63, 3.8) is 0 Å². The molecule has 0 N–H and O–H groups in total. The Morgan fingerprint density at radius 3 is 2.56 bits per heavy atom. The molecule has 0 aliphatic rings. The topological polar surface area (TPSA) is 35.5 Å². The van der Waals surface area contributed by atoms with E-state index in [2.05, 4.69) is 6.58 Å². The molecule has 0 spiro atoms. The maximum absolute atomic E-state index is 11.3. The normalized spacial score (nSPS) is 13.9. The van der Waals surface area contributed by atoms with E-state index in [0.717, 1.165) is 11.6 Å². The summed E-state index contributed by atoms with van der Waals surface area (Å²) >= 11 is 0. The van der Waals surface area contributed by atoms with E-state index in [1.807, 2.05) is 37.3 Å². The predicted molar refractivity (Wildman–Crippen MR) is 61.7 cm³/mol. The Hall–Kier alpha value is -1.61. The molecular weight excluding hydrogens is 204 g/mol. The first-order valence-electron chi connectivity index (χ1n) is 5.17. The second-order valence-corrected chi connectivity index (χ2v) is 3.37. The second-order valence-electron chi connectivity index (χ2n) is 3.37. The van der Waals surface area contributed by atoms with Crippen LogP contribution in [0.2, 0.25) is 0 Å². The summed E-state index contributed by atoms with van der Waals surface area (Å²) in [6, 6.07) is 9.34. The summed E-state index contributed by atoms with van der Waals surface area (Å²) in [6.45, 7) is 7.39. The van der Waals surface area contributed by atoms with Crippen molar-refractivity contribution in [2.24, 2.45) is 0 Å². The molecule has 1 aromatic rings. The van der Waals surface area contributed by atoms with Crippen molar-refractivity contribution in [3.05, 3.63) is 48.6 Å².